The molecular weight excluding hydrogens is 186 g/mol. The Hall–Kier alpha value is -1.53. The Balaban J connectivity index is 2.24. The molecule has 0 atom stereocenters. The van der Waals surface area contributed by atoms with Crippen LogP contribution in [0.1, 0.15) is 23.2 Å². The van der Waals surface area contributed by atoms with Gasteiger partial charge in [0, 0.05) is 31.5 Å². The molecule has 3 rings (SSSR count). The molecule has 1 aliphatic heterocycles. The highest BCUT2D eigenvalue weighted by Crippen LogP contribution is 2.30. The van der Waals surface area contributed by atoms with E-state index in [4.69, 9.17) is 5.26 Å². The lowest BCUT2D eigenvalue weighted by Gasteiger charge is -2.14. The van der Waals surface area contributed by atoms with Crippen LogP contribution in [0.15, 0.2) is 12.3 Å². The van der Waals surface area contributed by atoms with Gasteiger partial charge in [0.1, 0.15) is 6.07 Å². The molecule has 0 aromatic carbocycles. The Kier molecular flexibility index (Phi) is 1.90. The van der Waals surface area contributed by atoms with E-state index < -0.39 is 0 Å². The van der Waals surface area contributed by atoms with E-state index in [9.17, 15) is 0 Å². The van der Waals surface area contributed by atoms with Crippen LogP contribution >= 0.6 is 0 Å². The molecule has 0 bridgehead atoms. The molecule has 0 saturated carbocycles. The van der Waals surface area contributed by atoms with Gasteiger partial charge in [-0.05, 0) is 24.0 Å². The standard InChI is InChI=1S/C12H13N3/c13-6-10-8-15-5-4-14-7-9-2-1-3-11(10)12(9)15/h2,8,14H,1,3-5,7H2. The van der Waals surface area contributed by atoms with Gasteiger partial charge < -0.3 is 9.88 Å². The van der Waals surface area contributed by atoms with Gasteiger partial charge in [-0.15, -0.1) is 0 Å². The molecule has 0 unspecified atom stereocenters. The average Bonchev–Trinajstić information content (AvgIpc) is 2.50. The number of nitriles is 1. The van der Waals surface area contributed by atoms with Crippen LogP contribution in [-0.4, -0.2) is 17.7 Å². The van der Waals surface area contributed by atoms with Gasteiger partial charge in [-0.3, -0.25) is 0 Å². The zero-order chi connectivity index (χ0) is 10.3. The van der Waals surface area contributed by atoms with E-state index in [-0.39, 0.29) is 0 Å². The second-order valence-electron chi connectivity index (χ2n) is 4.12. The van der Waals surface area contributed by atoms with Gasteiger partial charge in [0.25, 0.3) is 0 Å². The van der Waals surface area contributed by atoms with Gasteiger partial charge in [-0.2, -0.15) is 5.26 Å². The van der Waals surface area contributed by atoms with Crippen molar-refractivity contribution in [3.63, 3.8) is 0 Å². The van der Waals surface area contributed by atoms with Crippen molar-refractivity contribution in [2.75, 3.05) is 13.1 Å². The summed E-state index contributed by atoms with van der Waals surface area (Å²) in [6.07, 6.45) is 6.41. The smallest absolute Gasteiger partial charge is 0.101 e. The second-order valence-corrected chi connectivity index (χ2v) is 4.12. The summed E-state index contributed by atoms with van der Waals surface area (Å²) in [5.74, 6) is 0. The Bertz CT molecular complexity index is 474. The van der Waals surface area contributed by atoms with Crippen molar-refractivity contribution >= 4 is 5.57 Å². The van der Waals surface area contributed by atoms with Crippen molar-refractivity contribution in [1.82, 2.24) is 9.88 Å². The van der Waals surface area contributed by atoms with Crippen LogP contribution in [0.4, 0.5) is 0 Å². The van der Waals surface area contributed by atoms with Crippen molar-refractivity contribution in [1.29, 1.82) is 5.26 Å². The number of rotatable bonds is 0. The third-order valence-corrected chi connectivity index (χ3v) is 3.24. The molecule has 2 aliphatic rings. The molecule has 0 spiro atoms. The number of nitrogens with zero attached hydrogens (tertiary/aromatic N) is 2. The molecule has 0 radical (unpaired) electrons. The first-order valence-electron chi connectivity index (χ1n) is 5.42. The number of hydrogen-bond donors (Lipinski definition) is 1. The Morgan fingerprint density at radius 2 is 2.40 bits per heavy atom. The van der Waals surface area contributed by atoms with Crippen LogP contribution in [0, 0.1) is 11.3 Å². The number of aromatic nitrogens is 1. The molecule has 0 saturated heterocycles. The summed E-state index contributed by atoms with van der Waals surface area (Å²) < 4.78 is 2.24. The normalized spacial score (nSPS) is 18.7. The van der Waals surface area contributed by atoms with E-state index in [1.54, 1.807) is 0 Å². The molecule has 1 N–H and O–H groups in total. The fourth-order valence-electron chi connectivity index (χ4n) is 2.57. The maximum absolute atomic E-state index is 9.08. The van der Waals surface area contributed by atoms with Gasteiger partial charge in [0.2, 0.25) is 0 Å². The second kappa shape index (κ2) is 3.25. The summed E-state index contributed by atoms with van der Waals surface area (Å²) >= 11 is 0. The summed E-state index contributed by atoms with van der Waals surface area (Å²) in [4.78, 5) is 0. The third-order valence-electron chi connectivity index (χ3n) is 3.24. The highest BCUT2D eigenvalue weighted by molar-refractivity contribution is 5.72. The predicted molar refractivity (Wildman–Crippen MR) is 58.3 cm³/mol. The lowest BCUT2D eigenvalue weighted by atomic mass is 9.95. The highest BCUT2D eigenvalue weighted by atomic mass is 15.0. The molecule has 3 heteroatoms. The third kappa shape index (κ3) is 1.22. The Labute approximate surface area is 89.0 Å². The Morgan fingerprint density at radius 3 is 3.27 bits per heavy atom. The number of allylic oxidation sites excluding steroid dienone is 1. The van der Waals surface area contributed by atoms with Crippen molar-refractivity contribution < 1.29 is 0 Å². The number of nitrogens with one attached hydrogen (secondary N) is 1. The van der Waals surface area contributed by atoms with Gasteiger partial charge in [-0.25, -0.2) is 0 Å². The molecule has 1 aromatic rings. The van der Waals surface area contributed by atoms with Gasteiger partial charge in [0.05, 0.1) is 5.56 Å². The minimum absolute atomic E-state index is 0.873. The SMILES string of the molecule is N#Cc1cn2c3c1CCC=C3CNCC2. The first-order chi connectivity index (χ1) is 7.40. The average molecular weight is 199 g/mol. The van der Waals surface area contributed by atoms with Crippen LogP contribution in [0.25, 0.3) is 5.57 Å². The topological polar surface area (TPSA) is 40.8 Å². The fraction of sp³-hybridized carbons (Fsp3) is 0.417. The lowest BCUT2D eigenvalue weighted by molar-refractivity contribution is 0.649. The van der Waals surface area contributed by atoms with E-state index >= 15 is 0 Å². The van der Waals surface area contributed by atoms with E-state index in [1.807, 2.05) is 6.20 Å². The summed E-state index contributed by atoms with van der Waals surface area (Å²) in [7, 11) is 0. The first-order valence-corrected chi connectivity index (χ1v) is 5.42. The van der Waals surface area contributed by atoms with Crippen LogP contribution < -0.4 is 5.32 Å². The molecule has 0 amide bonds. The van der Waals surface area contributed by atoms with Crippen LogP contribution in [0.3, 0.4) is 0 Å². The van der Waals surface area contributed by atoms with E-state index in [2.05, 4.69) is 22.0 Å². The van der Waals surface area contributed by atoms with E-state index in [0.717, 1.165) is 38.0 Å². The monoisotopic (exact) mass is 199 g/mol. The molecule has 0 fully saturated rings. The maximum atomic E-state index is 9.08. The van der Waals surface area contributed by atoms with Crippen LogP contribution in [0.5, 0.6) is 0 Å². The first kappa shape index (κ1) is 8.75. The minimum atomic E-state index is 0.873. The van der Waals surface area contributed by atoms with Gasteiger partial charge in [0.15, 0.2) is 0 Å². The largest absolute Gasteiger partial charge is 0.345 e. The zero-order valence-corrected chi connectivity index (χ0v) is 8.58. The summed E-state index contributed by atoms with van der Waals surface area (Å²) in [6.45, 7) is 2.91. The zero-order valence-electron chi connectivity index (χ0n) is 8.58. The Morgan fingerprint density at radius 1 is 1.47 bits per heavy atom. The summed E-state index contributed by atoms with van der Waals surface area (Å²) in [5, 5.41) is 12.5. The van der Waals surface area contributed by atoms with E-state index in [1.165, 1.54) is 16.8 Å². The van der Waals surface area contributed by atoms with Crippen LogP contribution in [0.2, 0.25) is 0 Å². The van der Waals surface area contributed by atoms with Crippen molar-refractivity contribution in [3.8, 4) is 6.07 Å². The summed E-state index contributed by atoms with van der Waals surface area (Å²) in [6, 6.07) is 2.31. The maximum Gasteiger partial charge on any atom is 0.101 e. The van der Waals surface area contributed by atoms with Crippen LogP contribution in [-0.2, 0) is 13.0 Å². The summed E-state index contributed by atoms with van der Waals surface area (Å²) in [5.41, 5.74) is 4.81. The van der Waals surface area contributed by atoms with E-state index in [0.29, 0.717) is 0 Å². The lowest BCUT2D eigenvalue weighted by Crippen LogP contribution is -2.17. The van der Waals surface area contributed by atoms with Crippen molar-refractivity contribution in [3.05, 3.63) is 29.1 Å². The molecule has 3 nitrogen and oxygen atoms in total. The molecule has 76 valence electrons. The predicted octanol–water partition coefficient (Wildman–Crippen LogP) is 1.29. The minimum Gasteiger partial charge on any atom is -0.345 e. The molecule has 1 aliphatic carbocycles. The highest BCUT2D eigenvalue weighted by Gasteiger charge is 2.22. The quantitative estimate of drug-likeness (QED) is 0.684. The van der Waals surface area contributed by atoms with Gasteiger partial charge in [-0.1, -0.05) is 6.08 Å². The van der Waals surface area contributed by atoms with Gasteiger partial charge >= 0.3 is 0 Å². The molecule has 2 heterocycles. The van der Waals surface area contributed by atoms with Crippen molar-refractivity contribution in [2.24, 2.45) is 0 Å². The fourth-order valence-corrected chi connectivity index (χ4v) is 2.57. The molecular formula is C12H13N3. The van der Waals surface area contributed by atoms with Crippen molar-refractivity contribution in [2.45, 2.75) is 19.4 Å². The number of hydrogen-bond acceptors (Lipinski definition) is 2. The molecule has 15 heavy (non-hydrogen) atoms. The molecule has 1 aromatic heterocycles.